The average Bonchev–Trinajstić information content (AvgIpc) is 3.06. The number of rotatable bonds is 3. The molecule has 0 radical (unpaired) electrons. The first kappa shape index (κ1) is 17.7. The van der Waals surface area contributed by atoms with Crippen LogP contribution in [0.3, 0.4) is 0 Å². The van der Waals surface area contributed by atoms with E-state index in [9.17, 15) is 4.79 Å². The van der Waals surface area contributed by atoms with Gasteiger partial charge < -0.3 is 4.90 Å². The highest BCUT2D eigenvalue weighted by Crippen LogP contribution is 2.20. The minimum absolute atomic E-state index is 0.102. The molecule has 1 aliphatic rings. The van der Waals surface area contributed by atoms with E-state index >= 15 is 0 Å². The number of hydrogen-bond acceptors (Lipinski definition) is 5. The Morgan fingerprint density at radius 3 is 2.78 bits per heavy atom. The zero-order valence-corrected chi connectivity index (χ0v) is 15.8. The van der Waals surface area contributed by atoms with Crippen molar-refractivity contribution in [3.05, 3.63) is 64.7 Å². The van der Waals surface area contributed by atoms with Gasteiger partial charge in [0.15, 0.2) is 0 Å². The molecule has 27 heavy (non-hydrogen) atoms. The normalized spacial score (nSPS) is 15.4. The van der Waals surface area contributed by atoms with Gasteiger partial charge in [-0.05, 0) is 42.3 Å². The molecule has 1 saturated heterocycles. The van der Waals surface area contributed by atoms with Crippen molar-refractivity contribution in [2.24, 2.45) is 0 Å². The number of amides is 1. The molecule has 6 heteroatoms. The number of fused-ring (bicyclic) bond motifs is 1. The summed E-state index contributed by atoms with van der Waals surface area (Å²) in [5, 5.41) is 8.91. The van der Waals surface area contributed by atoms with Crippen LogP contribution in [0, 0.1) is 11.3 Å². The van der Waals surface area contributed by atoms with E-state index < -0.39 is 0 Å². The lowest BCUT2D eigenvalue weighted by molar-refractivity contribution is 0.0761. The van der Waals surface area contributed by atoms with Crippen LogP contribution in [-0.4, -0.2) is 46.9 Å². The molecule has 0 saturated carbocycles. The van der Waals surface area contributed by atoms with Crippen molar-refractivity contribution >= 4 is 27.5 Å². The molecule has 5 nitrogen and oxygen atoms in total. The number of hydrogen-bond donors (Lipinski definition) is 0. The molecule has 1 fully saturated rings. The Morgan fingerprint density at radius 2 is 1.96 bits per heavy atom. The van der Waals surface area contributed by atoms with E-state index in [-0.39, 0.29) is 5.91 Å². The third-order valence-electron chi connectivity index (χ3n) is 4.94. The molecule has 136 valence electrons. The Balaban J connectivity index is 1.40. The molecule has 3 aromatic rings. The number of nitrogens with zero attached hydrogens (tertiary/aromatic N) is 4. The molecule has 0 atom stereocenters. The van der Waals surface area contributed by atoms with Crippen LogP contribution in [0.2, 0.25) is 0 Å². The molecule has 0 unspecified atom stereocenters. The molecular weight excluding hydrogens is 356 g/mol. The van der Waals surface area contributed by atoms with Crippen LogP contribution in [0.5, 0.6) is 0 Å². The lowest BCUT2D eigenvalue weighted by atomic mass is 10.1. The Morgan fingerprint density at radius 1 is 1.11 bits per heavy atom. The van der Waals surface area contributed by atoms with Gasteiger partial charge in [0, 0.05) is 38.3 Å². The molecule has 4 rings (SSSR count). The van der Waals surface area contributed by atoms with Crippen molar-refractivity contribution in [2.45, 2.75) is 13.0 Å². The third-order valence-corrected chi connectivity index (χ3v) is 5.73. The van der Waals surface area contributed by atoms with Gasteiger partial charge in [-0.25, -0.2) is 4.98 Å². The number of nitriles is 1. The van der Waals surface area contributed by atoms with Gasteiger partial charge in [0.05, 0.1) is 27.4 Å². The fourth-order valence-electron chi connectivity index (χ4n) is 3.45. The van der Waals surface area contributed by atoms with E-state index in [4.69, 9.17) is 5.26 Å². The maximum absolute atomic E-state index is 12.9. The van der Waals surface area contributed by atoms with Crippen LogP contribution < -0.4 is 0 Å². The Hall–Kier alpha value is -2.75. The summed E-state index contributed by atoms with van der Waals surface area (Å²) in [5.41, 5.74) is 5.38. The molecule has 0 bridgehead atoms. The first-order chi connectivity index (χ1) is 13.2. The number of carbonyl (C=O) groups is 1. The molecule has 0 N–H and O–H groups in total. The summed E-state index contributed by atoms with van der Waals surface area (Å²) >= 11 is 1.56. The van der Waals surface area contributed by atoms with Gasteiger partial charge in [-0.1, -0.05) is 12.1 Å². The monoisotopic (exact) mass is 376 g/mol. The van der Waals surface area contributed by atoms with Gasteiger partial charge in [-0.15, -0.1) is 11.3 Å². The zero-order chi connectivity index (χ0) is 18.6. The highest BCUT2D eigenvalue weighted by molar-refractivity contribution is 7.16. The summed E-state index contributed by atoms with van der Waals surface area (Å²) in [5.74, 6) is 0.102. The molecule has 0 spiro atoms. The molecule has 1 aliphatic heterocycles. The summed E-state index contributed by atoms with van der Waals surface area (Å²) < 4.78 is 1.05. The van der Waals surface area contributed by atoms with Gasteiger partial charge in [0.25, 0.3) is 5.91 Å². The van der Waals surface area contributed by atoms with E-state index in [1.165, 1.54) is 5.56 Å². The zero-order valence-electron chi connectivity index (χ0n) is 15.0. The Kier molecular flexibility index (Phi) is 5.14. The van der Waals surface area contributed by atoms with Crippen LogP contribution in [0.15, 0.2) is 48.0 Å². The SMILES string of the molecule is N#Cc1ccc(CN2CCCN(C(=O)c3ccc4ncsc4c3)CC2)cc1. The fraction of sp³-hybridized carbons (Fsp3) is 0.286. The second-order valence-electron chi connectivity index (χ2n) is 6.77. The standard InChI is InChI=1S/C21H20N4OS/c22-13-16-2-4-17(5-3-16)14-24-8-1-9-25(11-10-24)21(26)18-6-7-19-20(12-18)27-15-23-19/h2-7,12,15H,1,8-11,14H2. The smallest absolute Gasteiger partial charge is 0.253 e. The first-order valence-corrected chi connectivity index (χ1v) is 9.95. The van der Waals surface area contributed by atoms with E-state index in [0.29, 0.717) is 5.56 Å². The highest BCUT2D eigenvalue weighted by atomic mass is 32.1. The second-order valence-corrected chi connectivity index (χ2v) is 7.65. The maximum Gasteiger partial charge on any atom is 0.253 e. The van der Waals surface area contributed by atoms with E-state index in [2.05, 4.69) is 16.0 Å². The Bertz CT molecular complexity index is 989. The lowest BCUT2D eigenvalue weighted by Gasteiger charge is -2.22. The number of aromatic nitrogens is 1. The minimum Gasteiger partial charge on any atom is -0.337 e. The molecule has 1 amide bonds. The lowest BCUT2D eigenvalue weighted by Crippen LogP contribution is -2.35. The van der Waals surface area contributed by atoms with Crippen molar-refractivity contribution in [1.29, 1.82) is 5.26 Å². The van der Waals surface area contributed by atoms with E-state index in [0.717, 1.165) is 54.9 Å². The summed E-state index contributed by atoms with van der Waals surface area (Å²) in [6.07, 6.45) is 0.963. The highest BCUT2D eigenvalue weighted by Gasteiger charge is 2.20. The minimum atomic E-state index is 0.102. The molecule has 2 heterocycles. The van der Waals surface area contributed by atoms with Crippen LogP contribution in [0.25, 0.3) is 10.2 Å². The van der Waals surface area contributed by atoms with Crippen molar-refractivity contribution in [1.82, 2.24) is 14.8 Å². The second kappa shape index (κ2) is 7.87. The summed E-state index contributed by atoms with van der Waals surface area (Å²) in [4.78, 5) is 21.5. The van der Waals surface area contributed by atoms with Gasteiger partial charge in [0.2, 0.25) is 0 Å². The maximum atomic E-state index is 12.9. The van der Waals surface area contributed by atoms with Crippen molar-refractivity contribution in [2.75, 3.05) is 26.2 Å². The van der Waals surface area contributed by atoms with Crippen molar-refractivity contribution in [3.63, 3.8) is 0 Å². The molecular formula is C21H20N4OS. The summed E-state index contributed by atoms with van der Waals surface area (Å²) in [7, 11) is 0. The number of carbonyl (C=O) groups excluding carboxylic acids is 1. The largest absolute Gasteiger partial charge is 0.337 e. The summed E-state index contributed by atoms with van der Waals surface area (Å²) in [6, 6.07) is 15.6. The van der Waals surface area contributed by atoms with Gasteiger partial charge in [0.1, 0.15) is 0 Å². The van der Waals surface area contributed by atoms with Crippen molar-refractivity contribution < 1.29 is 4.79 Å². The topological polar surface area (TPSA) is 60.2 Å². The third kappa shape index (κ3) is 4.00. The number of benzene rings is 2. The molecule has 0 aliphatic carbocycles. The van der Waals surface area contributed by atoms with Gasteiger partial charge in [-0.2, -0.15) is 5.26 Å². The van der Waals surface area contributed by atoms with Crippen LogP contribution >= 0.6 is 11.3 Å². The summed E-state index contributed by atoms with van der Waals surface area (Å²) in [6.45, 7) is 4.19. The van der Waals surface area contributed by atoms with Crippen LogP contribution in [0.4, 0.5) is 0 Å². The molecule has 2 aromatic carbocycles. The quantitative estimate of drug-likeness (QED) is 0.702. The molecule has 1 aromatic heterocycles. The predicted molar refractivity (Wildman–Crippen MR) is 107 cm³/mol. The van der Waals surface area contributed by atoms with E-state index in [1.54, 1.807) is 11.3 Å². The van der Waals surface area contributed by atoms with Crippen molar-refractivity contribution in [3.8, 4) is 6.07 Å². The average molecular weight is 376 g/mol. The van der Waals surface area contributed by atoms with E-state index in [1.807, 2.05) is 52.9 Å². The number of thiazole rings is 1. The van der Waals surface area contributed by atoms with Gasteiger partial charge in [-0.3, -0.25) is 9.69 Å². The predicted octanol–water partition coefficient (Wildman–Crippen LogP) is 3.52. The van der Waals surface area contributed by atoms with Gasteiger partial charge >= 0.3 is 0 Å². The fourth-order valence-corrected chi connectivity index (χ4v) is 4.16. The first-order valence-electron chi connectivity index (χ1n) is 9.07. The van der Waals surface area contributed by atoms with Crippen LogP contribution in [-0.2, 0) is 6.54 Å². The van der Waals surface area contributed by atoms with Crippen LogP contribution in [0.1, 0.15) is 27.9 Å². The Labute approximate surface area is 162 Å².